The Morgan fingerprint density at radius 3 is 3.20 bits per heavy atom. The number of halogens is 1. The van der Waals surface area contributed by atoms with Crippen molar-refractivity contribution >= 4 is 23.4 Å². The first kappa shape index (κ1) is 7.56. The number of nitrogens with zero attached hydrogens (tertiary/aromatic N) is 3. The molecule has 0 aliphatic heterocycles. The van der Waals surface area contributed by atoms with Crippen molar-refractivity contribution < 1.29 is 0 Å². The van der Waals surface area contributed by atoms with Crippen molar-refractivity contribution in [3.63, 3.8) is 0 Å². The summed E-state index contributed by atoms with van der Waals surface area (Å²) in [5.41, 5.74) is 1.47. The van der Waals surface area contributed by atoms with Crippen LogP contribution in [0.2, 0.25) is 0 Å². The average Bonchev–Trinajstić information content (AvgIpc) is 2.41. The SMILES string of the molecule is Cl/C=C/CSc1nn[nH]n1. The predicted octanol–water partition coefficient (Wildman–Crippen LogP) is 1.04. The van der Waals surface area contributed by atoms with E-state index in [4.69, 9.17) is 11.6 Å². The highest BCUT2D eigenvalue weighted by molar-refractivity contribution is 7.99. The van der Waals surface area contributed by atoms with Crippen LogP contribution in [0.3, 0.4) is 0 Å². The van der Waals surface area contributed by atoms with E-state index < -0.39 is 0 Å². The molecule has 0 saturated carbocycles. The molecule has 0 fully saturated rings. The number of hydrogen-bond acceptors (Lipinski definition) is 4. The van der Waals surface area contributed by atoms with E-state index in [1.54, 1.807) is 0 Å². The highest BCUT2D eigenvalue weighted by atomic mass is 35.5. The van der Waals surface area contributed by atoms with Crippen LogP contribution in [0.15, 0.2) is 16.8 Å². The van der Waals surface area contributed by atoms with E-state index in [9.17, 15) is 0 Å². The number of rotatable bonds is 3. The van der Waals surface area contributed by atoms with Gasteiger partial charge in [0.25, 0.3) is 0 Å². The van der Waals surface area contributed by atoms with Gasteiger partial charge in [-0.15, -0.1) is 10.2 Å². The second-order valence-corrected chi connectivity index (χ2v) is 2.61. The molecule has 0 amide bonds. The van der Waals surface area contributed by atoms with Crippen LogP contribution in [-0.4, -0.2) is 26.4 Å². The molecule has 0 aromatic carbocycles. The van der Waals surface area contributed by atoms with Gasteiger partial charge >= 0.3 is 0 Å². The monoisotopic (exact) mass is 176 g/mol. The maximum absolute atomic E-state index is 5.28. The molecule has 10 heavy (non-hydrogen) atoms. The lowest BCUT2D eigenvalue weighted by Crippen LogP contribution is -1.75. The molecular formula is C4H5ClN4S. The lowest BCUT2D eigenvalue weighted by molar-refractivity contribution is 0.881. The molecule has 0 bridgehead atoms. The van der Waals surface area contributed by atoms with Crippen LogP contribution < -0.4 is 0 Å². The zero-order valence-electron chi connectivity index (χ0n) is 4.99. The quantitative estimate of drug-likeness (QED) is 0.700. The second kappa shape index (κ2) is 4.29. The Labute approximate surface area is 67.0 Å². The van der Waals surface area contributed by atoms with Gasteiger partial charge in [-0.05, 0) is 5.21 Å². The molecule has 1 rings (SSSR count). The number of hydrogen-bond donors (Lipinski definition) is 1. The molecule has 0 atom stereocenters. The average molecular weight is 177 g/mol. The minimum atomic E-state index is 0.634. The highest BCUT2D eigenvalue weighted by Crippen LogP contribution is 2.09. The predicted molar refractivity (Wildman–Crippen MR) is 39.9 cm³/mol. The first-order valence-corrected chi connectivity index (χ1v) is 3.97. The minimum absolute atomic E-state index is 0.634. The maximum Gasteiger partial charge on any atom is 0.231 e. The molecule has 54 valence electrons. The second-order valence-electron chi connectivity index (χ2n) is 1.37. The highest BCUT2D eigenvalue weighted by Gasteiger charge is 1.93. The fourth-order valence-corrected chi connectivity index (χ4v) is 1.11. The fourth-order valence-electron chi connectivity index (χ4n) is 0.373. The number of aromatic nitrogens is 4. The van der Waals surface area contributed by atoms with Gasteiger partial charge in [-0.3, -0.25) is 0 Å². The molecule has 0 radical (unpaired) electrons. The van der Waals surface area contributed by atoms with E-state index in [2.05, 4.69) is 20.6 Å². The van der Waals surface area contributed by atoms with Gasteiger partial charge < -0.3 is 0 Å². The van der Waals surface area contributed by atoms with E-state index >= 15 is 0 Å². The number of H-pyrrole nitrogens is 1. The van der Waals surface area contributed by atoms with Gasteiger partial charge in [0.05, 0.1) is 0 Å². The third-order valence-corrected chi connectivity index (χ3v) is 1.69. The van der Waals surface area contributed by atoms with E-state index in [-0.39, 0.29) is 0 Å². The Kier molecular flexibility index (Phi) is 3.25. The summed E-state index contributed by atoms with van der Waals surface area (Å²) >= 11 is 6.75. The summed E-state index contributed by atoms with van der Waals surface area (Å²) in [6, 6.07) is 0. The summed E-state index contributed by atoms with van der Waals surface area (Å²) in [6.45, 7) is 0. The number of thioether (sulfide) groups is 1. The minimum Gasteiger partial charge on any atom is -0.176 e. The zero-order valence-corrected chi connectivity index (χ0v) is 6.56. The van der Waals surface area contributed by atoms with Crippen LogP contribution in [0.1, 0.15) is 0 Å². The first-order valence-electron chi connectivity index (χ1n) is 2.55. The van der Waals surface area contributed by atoms with Crippen LogP contribution in [0.25, 0.3) is 0 Å². The van der Waals surface area contributed by atoms with Crippen molar-refractivity contribution in [1.29, 1.82) is 0 Å². The summed E-state index contributed by atoms with van der Waals surface area (Å²) in [5, 5.41) is 13.8. The third-order valence-electron chi connectivity index (χ3n) is 0.724. The van der Waals surface area contributed by atoms with Crippen molar-refractivity contribution in [2.75, 3.05) is 5.75 Å². The number of nitrogens with one attached hydrogen (secondary N) is 1. The molecule has 0 aliphatic carbocycles. The molecule has 6 heteroatoms. The molecular weight excluding hydrogens is 172 g/mol. The lowest BCUT2D eigenvalue weighted by Gasteiger charge is -1.83. The van der Waals surface area contributed by atoms with Gasteiger partial charge in [-0.1, -0.05) is 29.4 Å². The topological polar surface area (TPSA) is 54.5 Å². The van der Waals surface area contributed by atoms with Crippen molar-refractivity contribution in [1.82, 2.24) is 20.6 Å². The van der Waals surface area contributed by atoms with Crippen molar-refractivity contribution in [3.8, 4) is 0 Å². The smallest absolute Gasteiger partial charge is 0.176 e. The summed E-state index contributed by atoms with van der Waals surface area (Å²) in [7, 11) is 0. The van der Waals surface area contributed by atoms with E-state index in [0.29, 0.717) is 5.16 Å². The third kappa shape index (κ3) is 2.36. The molecule has 1 aromatic rings. The molecule has 1 heterocycles. The van der Waals surface area contributed by atoms with Crippen molar-refractivity contribution in [2.45, 2.75) is 5.16 Å². The summed E-state index contributed by atoms with van der Waals surface area (Å²) in [4.78, 5) is 0. The molecule has 1 aromatic heterocycles. The van der Waals surface area contributed by atoms with Gasteiger partial charge in [-0.2, -0.15) is 5.21 Å². The van der Waals surface area contributed by atoms with Gasteiger partial charge in [-0.25, -0.2) is 0 Å². The molecule has 0 spiro atoms. The molecule has 1 N–H and O–H groups in total. The van der Waals surface area contributed by atoms with Gasteiger partial charge in [0.15, 0.2) is 0 Å². The number of aromatic amines is 1. The molecule has 4 nitrogen and oxygen atoms in total. The Morgan fingerprint density at radius 1 is 1.70 bits per heavy atom. The van der Waals surface area contributed by atoms with Crippen molar-refractivity contribution in [3.05, 3.63) is 11.6 Å². The van der Waals surface area contributed by atoms with Crippen LogP contribution in [0.5, 0.6) is 0 Å². The standard InChI is InChI=1S/C4H5ClN4S/c5-2-1-3-10-4-6-8-9-7-4/h1-2H,3H2,(H,6,7,8,9)/b2-1+. The van der Waals surface area contributed by atoms with Crippen LogP contribution in [-0.2, 0) is 0 Å². The molecule has 0 aliphatic rings. The van der Waals surface area contributed by atoms with E-state index in [0.717, 1.165) is 5.75 Å². The molecule has 0 saturated heterocycles. The van der Waals surface area contributed by atoms with Crippen LogP contribution >= 0.6 is 23.4 Å². The Morgan fingerprint density at radius 2 is 2.60 bits per heavy atom. The fraction of sp³-hybridized carbons (Fsp3) is 0.250. The largest absolute Gasteiger partial charge is 0.231 e. The van der Waals surface area contributed by atoms with Gasteiger partial charge in [0.2, 0.25) is 5.16 Å². The molecule has 0 unspecified atom stereocenters. The Balaban J connectivity index is 2.28. The summed E-state index contributed by atoms with van der Waals surface area (Å²) in [6.07, 6.45) is 1.81. The van der Waals surface area contributed by atoms with E-state index in [1.165, 1.54) is 17.3 Å². The van der Waals surface area contributed by atoms with Crippen LogP contribution in [0, 0.1) is 0 Å². The normalized spacial score (nSPS) is 10.9. The Bertz CT molecular complexity index is 197. The Hall–Kier alpha value is -0.550. The lowest BCUT2D eigenvalue weighted by atomic mass is 10.8. The number of tetrazole rings is 1. The summed E-state index contributed by atoms with van der Waals surface area (Å²) in [5.74, 6) is 0.767. The van der Waals surface area contributed by atoms with Gasteiger partial charge in [0, 0.05) is 11.3 Å². The van der Waals surface area contributed by atoms with Crippen LogP contribution in [0.4, 0.5) is 0 Å². The van der Waals surface area contributed by atoms with E-state index in [1.807, 2.05) is 6.08 Å². The summed E-state index contributed by atoms with van der Waals surface area (Å²) < 4.78 is 0. The van der Waals surface area contributed by atoms with Crippen molar-refractivity contribution in [2.24, 2.45) is 0 Å². The van der Waals surface area contributed by atoms with Gasteiger partial charge in [0.1, 0.15) is 0 Å². The zero-order chi connectivity index (χ0) is 7.23. The first-order chi connectivity index (χ1) is 4.93. The maximum atomic E-state index is 5.28.